The molecule has 5 aromatic rings. The first-order valence-corrected chi connectivity index (χ1v) is 10.4. The van der Waals surface area contributed by atoms with E-state index < -0.39 is 0 Å². The zero-order valence-electron chi connectivity index (χ0n) is 17.1. The molecule has 144 valence electrons. The van der Waals surface area contributed by atoms with Gasteiger partial charge in [-0.3, -0.25) is 0 Å². The Bertz CT molecular complexity index is 1440. The molecule has 0 bridgehead atoms. The topological polar surface area (TPSA) is 9.23 Å². The lowest BCUT2D eigenvalue weighted by Gasteiger charge is -2.34. The van der Waals surface area contributed by atoms with Crippen LogP contribution in [0.1, 0.15) is 25.0 Å². The smallest absolute Gasteiger partial charge is 0.132 e. The lowest BCUT2D eigenvalue weighted by Crippen LogP contribution is -2.24. The van der Waals surface area contributed by atoms with Crippen LogP contribution in [-0.2, 0) is 5.41 Å². The maximum atomic E-state index is 6.32. The first kappa shape index (κ1) is 17.3. The Labute approximate surface area is 176 Å². The summed E-state index contributed by atoms with van der Waals surface area (Å²) in [6, 6.07) is 34.7. The van der Waals surface area contributed by atoms with Crippen LogP contribution >= 0.6 is 0 Å². The first-order valence-electron chi connectivity index (χ1n) is 10.4. The van der Waals surface area contributed by atoms with E-state index in [-0.39, 0.29) is 5.41 Å². The second kappa shape index (κ2) is 6.21. The van der Waals surface area contributed by atoms with Crippen LogP contribution in [0.25, 0.3) is 32.7 Å². The van der Waals surface area contributed by atoms with Crippen molar-refractivity contribution < 1.29 is 4.74 Å². The molecule has 5 aromatic carbocycles. The average molecular weight is 386 g/mol. The average Bonchev–Trinajstić information content (AvgIpc) is 2.78. The zero-order chi connectivity index (χ0) is 20.3. The molecule has 1 heterocycles. The van der Waals surface area contributed by atoms with Gasteiger partial charge in [-0.25, -0.2) is 0 Å². The SMILES string of the molecule is CC1(C)c2ccccc2Oc2cc(-c3ccc4c(ccc5ccccc54)c3)ccc21. The number of benzene rings is 5. The molecule has 0 aromatic heterocycles. The van der Waals surface area contributed by atoms with Gasteiger partial charge in [-0.1, -0.05) is 92.7 Å². The van der Waals surface area contributed by atoms with E-state index in [4.69, 9.17) is 4.74 Å². The quantitative estimate of drug-likeness (QED) is 0.264. The van der Waals surface area contributed by atoms with E-state index in [1.807, 2.05) is 6.07 Å². The molecule has 0 spiro atoms. The van der Waals surface area contributed by atoms with Crippen molar-refractivity contribution >= 4 is 21.5 Å². The van der Waals surface area contributed by atoms with E-state index in [0.29, 0.717) is 0 Å². The predicted molar refractivity (Wildman–Crippen MR) is 126 cm³/mol. The molecule has 0 fully saturated rings. The van der Waals surface area contributed by atoms with Crippen molar-refractivity contribution in [2.45, 2.75) is 19.3 Å². The molecule has 1 aliphatic heterocycles. The minimum absolute atomic E-state index is 0.0784. The van der Waals surface area contributed by atoms with Gasteiger partial charge in [0.2, 0.25) is 0 Å². The van der Waals surface area contributed by atoms with E-state index in [2.05, 4.69) is 105 Å². The van der Waals surface area contributed by atoms with E-state index in [9.17, 15) is 0 Å². The van der Waals surface area contributed by atoms with Gasteiger partial charge in [0.15, 0.2) is 0 Å². The molecule has 1 aliphatic rings. The Kier molecular flexibility index (Phi) is 3.58. The Hall–Kier alpha value is -3.58. The molecule has 1 heteroatoms. The van der Waals surface area contributed by atoms with Crippen molar-refractivity contribution in [3.05, 3.63) is 108 Å². The van der Waals surface area contributed by atoms with Crippen molar-refractivity contribution in [2.75, 3.05) is 0 Å². The highest BCUT2D eigenvalue weighted by molar-refractivity contribution is 6.08. The maximum Gasteiger partial charge on any atom is 0.132 e. The third-order valence-electron chi connectivity index (χ3n) is 6.51. The molecule has 0 aliphatic carbocycles. The second-order valence-electron chi connectivity index (χ2n) is 8.66. The maximum absolute atomic E-state index is 6.32. The van der Waals surface area contributed by atoms with Crippen LogP contribution in [0.3, 0.4) is 0 Å². The molecule has 30 heavy (non-hydrogen) atoms. The summed E-state index contributed by atoms with van der Waals surface area (Å²) < 4.78 is 6.32. The third-order valence-corrected chi connectivity index (χ3v) is 6.51. The van der Waals surface area contributed by atoms with Crippen molar-refractivity contribution in [3.63, 3.8) is 0 Å². The molecule has 0 radical (unpaired) electrons. The van der Waals surface area contributed by atoms with Gasteiger partial charge in [-0.05, 0) is 50.9 Å². The fourth-order valence-electron chi connectivity index (χ4n) is 4.83. The lowest BCUT2D eigenvalue weighted by molar-refractivity contribution is 0.418. The van der Waals surface area contributed by atoms with Gasteiger partial charge < -0.3 is 4.74 Å². The van der Waals surface area contributed by atoms with Gasteiger partial charge in [-0.15, -0.1) is 0 Å². The minimum atomic E-state index is -0.0784. The second-order valence-corrected chi connectivity index (χ2v) is 8.66. The Morgan fingerprint density at radius 1 is 0.533 bits per heavy atom. The first-order chi connectivity index (χ1) is 14.6. The Morgan fingerprint density at radius 3 is 2.13 bits per heavy atom. The monoisotopic (exact) mass is 386 g/mol. The summed E-state index contributed by atoms with van der Waals surface area (Å²) in [6.45, 7) is 4.54. The molecule has 0 N–H and O–H groups in total. The molecule has 1 nitrogen and oxygen atoms in total. The van der Waals surface area contributed by atoms with Crippen LogP contribution in [0, 0.1) is 0 Å². The normalized spacial score (nSPS) is 14.2. The summed E-state index contributed by atoms with van der Waals surface area (Å²) >= 11 is 0. The number of rotatable bonds is 1. The standard InChI is InChI=1S/C29H22O/c1-29(2)25-9-5-6-10-27(25)30-28-18-21(14-16-26(28)29)20-13-15-24-22(17-20)12-11-19-7-3-4-8-23(19)24/h3-18H,1-2H3. The molecule has 0 atom stereocenters. The van der Waals surface area contributed by atoms with Crippen LogP contribution < -0.4 is 4.74 Å². The zero-order valence-corrected chi connectivity index (χ0v) is 17.1. The van der Waals surface area contributed by atoms with E-state index >= 15 is 0 Å². The summed E-state index contributed by atoms with van der Waals surface area (Å²) in [4.78, 5) is 0. The van der Waals surface area contributed by atoms with Crippen molar-refractivity contribution in [3.8, 4) is 22.6 Å². The molecule has 6 rings (SSSR count). The molecule has 0 unspecified atom stereocenters. The predicted octanol–water partition coefficient (Wildman–Crippen LogP) is 8.09. The number of hydrogen-bond donors (Lipinski definition) is 0. The van der Waals surface area contributed by atoms with Crippen LogP contribution in [0.5, 0.6) is 11.5 Å². The van der Waals surface area contributed by atoms with Gasteiger partial charge in [-0.2, -0.15) is 0 Å². The number of para-hydroxylation sites is 1. The van der Waals surface area contributed by atoms with Crippen LogP contribution in [0.15, 0.2) is 97.1 Å². The van der Waals surface area contributed by atoms with Gasteiger partial charge in [0.05, 0.1) is 0 Å². The number of fused-ring (bicyclic) bond motifs is 5. The third kappa shape index (κ3) is 2.48. The molecular formula is C29H22O. The molecule has 0 amide bonds. The van der Waals surface area contributed by atoms with Gasteiger partial charge in [0.25, 0.3) is 0 Å². The highest BCUT2D eigenvalue weighted by atomic mass is 16.5. The Morgan fingerprint density at radius 2 is 1.20 bits per heavy atom. The number of ether oxygens (including phenoxy) is 1. The summed E-state index contributed by atoms with van der Waals surface area (Å²) in [5, 5.41) is 5.13. The van der Waals surface area contributed by atoms with E-state index in [1.165, 1.54) is 43.8 Å². The van der Waals surface area contributed by atoms with E-state index in [1.54, 1.807) is 0 Å². The van der Waals surface area contributed by atoms with Crippen LogP contribution in [0.2, 0.25) is 0 Å². The summed E-state index contributed by atoms with van der Waals surface area (Å²) in [7, 11) is 0. The molecular weight excluding hydrogens is 364 g/mol. The summed E-state index contributed by atoms with van der Waals surface area (Å²) in [6.07, 6.45) is 0. The van der Waals surface area contributed by atoms with Crippen LogP contribution in [-0.4, -0.2) is 0 Å². The van der Waals surface area contributed by atoms with Crippen molar-refractivity contribution in [2.24, 2.45) is 0 Å². The van der Waals surface area contributed by atoms with E-state index in [0.717, 1.165) is 11.5 Å². The van der Waals surface area contributed by atoms with Crippen molar-refractivity contribution in [1.82, 2.24) is 0 Å². The highest BCUT2D eigenvalue weighted by Crippen LogP contribution is 2.48. The van der Waals surface area contributed by atoms with Gasteiger partial charge >= 0.3 is 0 Å². The number of hydrogen-bond acceptors (Lipinski definition) is 1. The van der Waals surface area contributed by atoms with Crippen molar-refractivity contribution in [1.29, 1.82) is 0 Å². The molecule has 0 saturated carbocycles. The summed E-state index contributed by atoms with van der Waals surface area (Å²) in [5.41, 5.74) is 4.78. The van der Waals surface area contributed by atoms with Gasteiger partial charge in [0, 0.05) is 16.5 Å². The minimum Gasteiger partial charge on any atom is -0.457 e. The van der Waals surface area contributed by atoms with Crippen LogP contribution in [0.4, 0.5) is 0 Å². The molecule has 0 saturated heterocycles. The largest absolute Gasteiger partial charge is 0.457 e. The fourth-order valence-corrected chi connectivity index (χ4v) is 4.83. The highest BCUT2D eigenvalue weighted by Gasteiger charge is 2.33. The Balaban J connectivity index is 1.48. The fraction of sp³-hybridized carbons (Fsp3) is 0.103. The lowest BCUT2D eigenvalue weighted by atomic mass is 9.75. The van der Waals surface area contributed by atoms with Gasteiger partial charge in [0.1, 0.15) is 11.5 Å². The summed E-state index contributed by atoms with van der Waals surface area (Å²) in [5.74, 6) is 1.91.